The van der Waals surface area contributed by atoms with Crippen molar-refractivity contribution in [2.24, 2.45) is 0 Å². The van der Waals surface area contributed by atoms with Gasteiger partial charge in [0.05, 0.1) is 10.2 Å². The van der Waals surface area contributed by atoms with Crippen molar-refractivity contribution in [2.75, 3.05) is 13.4 Å². The number of thiazole rings is 1. The largest absolute Gasteiger partial charge is 0.443 e. The summed E-state index contributed by atoms with van der Waals surface area (Å²) in [7, 11) is 0. The minimum atomic E-state index is 0.274. The summed E-state index contributed by atoms with van der Waals surface area (Å²) in [4.78, 5) is 4.30. The molecule has 2 rings (SSSR count). The number of aromatic nitrogens is 1. The molecule has 0 saturated heterocycles. The SMILES string of the molecule is CCOCOc1nc2ccccc2s1. The van der Waals surface area contributed by atoms with Crippen molar-refractivity contribution in [2.45, 2.75) is 6.92 Å². The molecule has 4 heteroatoms. The molecule has 1 aromatic heterocycles. The molecule has 0 spiro atoms. The van der Waals surface area contributed by atoms with Crippen LogP contribution >= 0.6 is 11.3 Å². The van der Waals surface area contributed by atoms with Crippen LogP contribution in [0.15, 0.2) is 24.3 Å². The van der Waals surface area contributed by atoms with E-state index >= 15 is 0 Å². The molecule has 2 aromatic rings. The number of benzene rings is 1. The summed E-state index contributed by atoms with van der Waals surface area (Å²) in [5.41, 5.74) is 0.976. The number of nitrogens with zero attached hydrogens (tertiary/aromatic N) is 1. The summed E-state index contributed by atoms with van der Waals surface area (Å²) in [6.07, 6.45) is 0. The van der Waals surface area contributed by atoms with Crippen LogP contribution in [0, 0.1) is 0 Å². The van der Waals surface area contributed by atoms with Gasteiger partial charge >= 0.3 is 0 Å². The van der Waals surface area contributed by atoms with Gasteiger partial charge in [0.25, 0.3) is 5.19 Å². The fourth-order valence-electron chi connectivity index (χ4n) is 1.09. The van der Waals surface area contributed by atoms with Gasteiger partial charge in [0, 0.05) is 6.61 Å². The number of hydrogen-bond acceptors (Lipinski definition) is 4. The standard InChI is InChI=1S/C10H11NO2S/c1-2-12-7-13-10-11-8-5-3-4-6-9(8)14-10/h3-6H,2,7H2,1H3. The predicted molar refractivity (Wildman–Crippen MR) is 56.7 cm³/mol. The number of ether oxygens (including phenoxy) is 2. The third kappa shape index (κ3) is 2.02. The Hall–Kier alpha value is -1.13. The van der Waals surface area contributed by atoms with Gasteiger partial charge in [-0.25, -0.2) is 4.98 Å². The molecule has 3 nitrogen and oxygen atoms in total. The van der Waals surface area contributed by atoms with Gasteiger partial charge in [-0.2, -0.15) is 0 Å². The molecule has 0 atom stereocenters. The highest BCUT2D eigenvalue weighted by Crippen LogP contribution is 2.26. The van der Waals surface area contributed by atoms with Crippen LogP contribution in [0.1, 0.15) is 6.92 Å². The average Bonchev–Trinajstić information content (AvgIpc) is 2.60. The van der Waals surface area contributed by atoms with Crippen LogP contribution in [0.25, 0.3) is 10.2 Å². The number of hydrogen-bond donors (Lipinski definition) is 0. The van der Waals surface area contributed by atoms with Gasteiger partial charge in [0.15, 0.2) is 6.79 Å². The molecular weight excluding hydrogens is 198 g/mol. The van der Waals surface area contributed by atoms with Crippen molar-refractivity contribution < 1.29 is 9.47 Å². The Morgan fingerprint density at radius 1 is 1.36 bits per heavy atom. The first kappa shape index (κ1) is 9.43. The Labute approximate surface area is 86.3 Å². The van der Waals surface area contributed by atoms with Crippen LogP contribution in [0.2, 0.25) is 0 Å². The molecule has 14 heavy (non-hydrogen) atoms. The predicted octanol–water partition coefficient (Wildman–Crippen LogP) is 2.67. The second-order valence-electron chi connectivity index (χ2n) is 2.70. The Kier molecular flexibility index (Phi) is 2.96. The third-order valence-corrected chi connectivity index (χ3v) is 2.69. The molecule has 0 amide bonds. The molecule has 0 unspecified atom stereocenters. The summed E-state index contributed by atoms with van der Waals surface area (Å²) < 4.78 is 11.5. The lowest BCUT2D eigenvalue weighted by Crippen LogP contribution is -2.01. The minimum absolute atomic E-state index is 0.274. The zero-order chi connectivity index (χ0) is 9.80. The van der Waals surface area contributed by atoms with E-state index in [4.69, 9.17) is 9.47 Å². The lowest BCUT2D eigenvalue weighted by atomic mass is 10.3. The highest BCUT2D eigenvalue weighted by molar-refractivity contribution is 7.20. The highest BCUT2D eigenvalue weighted by atomic mass is 32.1. The fourth-order valence-corrected chi connectivity index (χ4v) is 1.89. The van der Waals surface area contributed by atoms with Crippen LogP contribution in [0.4, 0.5) is 0 Å². The van der Waals surface area contributed by atoms with E-state index in [0.29, 0.717) is 11.8 Å². The smallest absolute Gasteiger partial charge is 0.276 e. The van der Waals surface area contributed by atoms with Crippen LogP contribution in [0.3, 0.4) is 0 Å². The maximum atomic E-state index is 5.32. The molecule has 0 N–H and O–H groups in total. The summed E-state index contributed by atoms with van der Waals surface area (Å²) in [5.74, 6) is 0. The van der Waals surface area contributed by atoms with Crippen molar-refractivity contribution in [3.63, 3.8) is 0 Å². The molecule has 0 aliphatic carbocycles. The summed E-state index contributed by atoms with van der Waals surface area (Å²) in [6.45, 7) is 2.86. The van der Waals surface area contributed by atoms with Crippen LogP contribution in [-0.4, -0.2) is 18.4 Å². The van der Waals surface area contributed by atoms with Gasteiger partial charge in [-0.05, 0) is 19.1 Å². The number of para-hydroxylation sites is 1. The molecular formula is C10H11NO2S. The second-order valence-corrected chi connectivity index (χ2v) is 3.70. The normalized spacial score (nSPS) is 10.6. The topological polar surface area (TPSA) is 31.4 Å². The summed E-state index contributed by atoms with van der Waals surface area (Å²) >= 11 is 1.53. The van der Waals surface area contributed by atoms with E-state index in [0.717, 1.165) is 10.2 Å². The van der Waals surface area contributed by atoms with Gasteiger partial charge < -0.3 is 9.47 Å². The molecule has 0 aliphatic rings. The quantitative estimate of drug-likeness (QED) is 0.573. The van der Waals surface area contributed by atoms with Crippen molar-refractivity contribution in [3.05, 3.63) is 24.3 Å². The van der Waals surface area contributed by atoms with Gasteiger partial charge in [-0.3, -0.25) is 0 Å². The summed E-state index contributed by atoms with van der Waals surface area (Å²) in [6, 6.07) is 7.96. The molecule has 1 aromatic carbocycles. The molecule has 0 radical (unpaired) electrons. The van der Waals surface area contributed by atoms with Crippen LogP contribution in [0.5, 0.6) is 5.19 Å². The second kappa shape index (κ2) is 4.39. The summed E-state index contributed by atoms with van der Waals surface area (Å²) in [5, 5.41) is 0.666. The van der Waals surface area contributed by atoms with E-state index in [-0.39, 0.29) is 6.79 Å². The van der Waals surface area contributed by atoms with E-state index in [2.05, 4.69) is 4.98 Å². The molecule has 0 aliphatic heterocycles. The number of rotatable bonds is 4. The minimum Gasteiger partial charge on any atom is -0.443 e. The van der Waals surface area contributed by atoms with Crippen LogP contribution < -0.4 is 4.74 Å². The number of fused-ring (bicyclic) bond motifs is 1. The average molecular weight is 209 g/mol. The van der Waals surface area contributed by atoms with Crippen molar-refractivity contribution in [1.82, 2.24) is 4.98 Å². The zero-order valence-corrected chi connectivity index (χ0v) is 8.71. The molecule has 0 bridgehead atoms. The molecule has 0 fully saturated rings. The monoisotopic (exact) mass is 209 g/mol. The lowest BCUT2D eigenvalue weighted by molar-refractivity contribution is 0.0224. The van der Waals surface area contributed by atoms with Crippen molar-refractivity contribution in [3.8, 4) is 5.19 Å². The molecule has 1 heterocycles. The lowest BCUT2D eigenvalue weighted by Gasteiger charge is -1.99. The van der Waals surface area contributed by atoms with E-state index < -0.39 is 0 Å². The van der Waals surface area contributed by atoms with Crippen molar-refractivity contribution in [1.29, 1.82) is 0 Å². The fraction of sp³-hybridized carbons (Fsp3) is 0.300. The van der Waals surface area contributed by atoms with E-state index in [9.17, 15) is 0 Å². The first-order chi connectivity index (χ1) is 6.90. The molecule has 74 valence electrons. The highest BCUT2D eigenvalue weighted by Gasteiger charge is 2.02. The Bertz CT molecular complexity index is 380. The van der Waals surface area contributed by atoms with E-state index in [1.54, 1.807) is 0 Å². The Morgan fingerprint density at radius 3 is 3.00 bits per heavy atom. The zero-order valence-electron chi connectivity index (χ0n) is 7.90. The van der Waals surface area contributed by atoms with Gasteiger partial charge in [0.1, 0.15) is 0 Å². The Morgan fingerprint density at radius 2 is 2.21 bits per heavy atom. The Balaban J connectivity index is 2.11. The molecule has 0 saturated carbocycles. The maximum absolute atomic E-state index is 5.32. The third-order valence-electron chi connectivity index (χ3n) is 1.74. The van der Waals surface area contributed by atoms with Crippen LogP contribution in [-0.2, 0) is 4.74 Å². The first-order valence-electron chi connectivity index (χ1n) is 4.46. The van der Waals surface area contributed by atoms with Gasteiger partial charge in [0.2, 0.25) is 0 Å². The maximum Gasteiger partial charge on any atom is 0.276 e. The van der Waals surface area contributed by atoms with E-state index in [1.807, 2.05) is 31.2 Å². The van der Waals surface area contributed by atoms with E-state index in [1.165, 1.54) is 11.3 Å². The van der Waals surface area contributed by atoms with Gasteiger partial charge in [-0.1, -0.05) is 23.5 Å². The van der Waals surface area contributed by atoms with Crippen molar-refractivity contribution >= 4 is 21.6 Å². The van der Waals surface area contributed by atoms with Gasteiger partial charge in [-0.15, -0.1) is 0 Å². The first-order valence-corrected chi connectivity index (χ1v) is 5.28.